The molecule has 1 heterocycles. The molecule has 16 heavy (non-hydrogen) atoms. The van der Waals surface area contributed by atoms with E-state index in [1.807, 2.05) is 6.92 Å². The Hall–Kier alpha value is -1.07. The normalized spacial score (nSPS) is 17.9. The molecule has 1 fully saturated rings. The monoisotopic (exact) mass is 240 g/mol. The molecule has 88 valence electrons. The number of amides is 1. The minimum atomic E-state index is -0.673. The fourth-order valence-corrected chi connectivity index (χ4v) is 2.56. The van der Waals surface area contributed by atoms with Gasteiger partial charge in [-0.15, -0.1) is 11.3 Å². The van der Waals surface area contributed by atoms with Crippen LogP contribution in [0.5, 0.6) is 0 Å². The van der Waals surface area contributed by atoms with Crippen molar-refractivity contribution < 1.29 is 9.90 Å². The predicted molar refractivity (Wildman–Crippen MR) is 64.6 cm³/mol. The standard InChI is InChI=1S/C11H16N2O2S/c1-7-8(12)5-9(16-7)10(14)13-6-11(15)3-2-4-11/h5,15H,2-4,6,12H2,1H3,(H,13,14). The first-order valence-corrected chi connectivity index (χ1v) is 6.18. The lowest BCUT2D eigenvalue weighted by atomic mass is 9.80. The van der Waals surface area contributed by atoms with Gasteiger partial charge in [0.25, 0.3) is 5.91 Å². The highest BCUT2D eigenvalue weighted by molar-refractivity contribution is 7.14. The number of thiophene rings is 1. The average molecular weight is 240 g/mol. The van der Waals surface area contributed by atoms with Crippen LogP contribution in [0.4, 0.5) is 5.69 Å². The molecular formula is C11H16N2O2S. The van der Waals surface area contributed by atoms with Gasteiger partial charge in [-0.3, -0.25) is 4.79 Å². The number of carbonyl (C=O) groups is 1. The van der Waals surface area contributed by atoms with Crippen molar-refractivity contribution in [1.82, 2.24) is 5.32 Å². The first-order valence-electron chi connectivity index (χ1n) is 5.37. The van der Waals surface area contributed by atoms with E-state index in [4.69, 9.17) is 5.73 Å². The fourth-order valence-electron chi connectivity index (χ4n) is 1.70. The average Bonchev–Trinajstić information content (AvgIpc) is 2.53. The molecule has 0 atom stereocenters. The second kappa shape index (κ2) is 4.07. The summed E-state index contributed by atoms with van der Waals surface area (Å²) < 4.78 is 0. The molecule has 1 amide bonds. The molecule has 0 spiro atoms. The Morgan fingerprint density at radius 1 is 1.69 bits per heavy atom. The number of nitrogen functional groups attached to an aromatic ring is 1. The van der Waals surface area contributed by atoms with Gasteiger partial charge in [0.05, 0.1) is 10.5 Å². The smallest absolute Gasteiger partial charge is 0.261 e. The molecular weight excluding hydrogens is 224 g/mol. The van der Waals surface area contributed by atoms with Crippen molar-refractivity contribution in [2.75, 3.05) is 12.3 Å². The van der Waals surface area contributed by atoms with Gasteiger partial charge in [0.15, 0.2) is 0 Å². The second-order valence-electron chi connectivity index (χ2n) is 4.38. The van der Waals surface area contributed by atoms with Crippen LogP contribution in [0.3, 0.4) is 0 Å². The Morgan fingerprint density at radius 3 is 2.81 bits per heavy atom. The van der Waals surface area contributed by atoms with Gasteiger partial charge in [-0.2, -0.15) is 0 Å². The summed E-state index contributed by atoms with van der Waals surface area (Å²) in [5.41, 5.74) is 5.66. The summed E-state index contributed by atoms with van der Waals surface area (Å²) in [4.78, 5) is 13.3. The van der Waals surface area contributed by atoms with Crippen molar-refractivity contribution in [1.29, 1.82) is 0 Å². The third-order valence-corrected chi connectivity index (χ3v) is 4.11. The second-order valence-corrected chi connectivity index (χ2v) is 5.64. The van der Waals surface area contributed by atoms with Gasteiger partial charge in [-0.25, -0.2) is 0 Å². The number of aryl methyl sites for hydroxylation is 1. The molecule has 1 aromatic heterocycles. The first kappa shape index (κ1) is 11.4. The number of aliphatic hydroxyl groups is 1. The van der Waals surface area contributed by atoms with Crippen LogP contribution in [0.1, 0.15) is 33.8 Å². The lowest BCUT2D eigenvalue weighted by Gasteiger charge is -2.36. The van der Waals surface area contributed by atoms with Crippen molar-refractivity contribution in [3.63, 3.8) is 0 Å². The number of anilines is 1. The van der Waals surface area contributed by atoms with Crippen molar-refractivity contribution in [2.24, 2.45) is 0 Å². The molecule has 0 radical (unpaired) electrons. The SMILES string of the molecule is Cc1sc(C(=O)NCC2(O)CCC2)cc1N. The maximum atomic E-state index is 11.7. The lowest BCUT2D eigenvalue weighted by Crippen LogP contribution is -2.47. The van der Waals surface area contributed by atoms with Gasteiger partial charge in [-0.05, 0) is 32.3 Å². The van der Waals surface area contributed by atoms with Crippen molar-refractivity contribution in [3.8, 4) is 0 Å². The van der Waals surface area contributed by atoms with Gasteiger partial charge in [-0.1, -0.05) is 0 Å². The largest absolute Gasteiger partial charge is 0.398 e. The van der Waals surface area contributed by atoms with Crippen LogP contribution in [0, 0.1) is 6.92 Å². The molecule has 0 aromatic carbocycles. The number of nitrogens with one attached hydrogen (secondary N) is 1. The number of hydrogen-bond donors (Lipinski definition) is 3. The zero-order valence-corrected chi connectivity index (χ0v) is 10.1. The third-order valence-electron chi connectivity index (χ3n) is 3.04. The quantitative estimate of drug-likeness (QED) is 0.745. The molecule has 5 heteroatoms. The molecule has 1 aromatic rings. The van der Waals surface area contributed by atoms with E-state index in [0.29, 0.717) is 17.1 Å². The van der Waals surface area contributed by atoms with Gasteiger partial charge in [0.2, 0.25) is 0 Å². The summed E-state index contributed by atoms with van der Waals surface area (Å²) in [5.74, 6) is -0.148. The maximum Gasteiger partial charge on any atom is 0.261 e. The third kappa shape index (κ3) is 2.20. The molecule has 2 rings (SSSR count). The predicted octanol–water partition coefficient (Wildman–Crippen LogP) is 1.28. The number of hydrogen-bond acceptors (Lipinski definition) is 4. The highest BCUT2D eigenvalue weighted by Crippen LogP contribution is 2.31. The Balaban J connectivity index is 1.93. The van der Waals surface area contributed by atoms with Crippen LogP contribution in [0.2, 0.25) is 0 Å². The van der Waals surface area contributed by atoms with E-state index in [-0.39, 0.29) is 5.91 Å². The molecule has 1 aliphatic carbocycles. The van der Waals surface area contributed by atoms with E-state index in [1.165, 1.54) is 11.3 Å². The van der Waals surface area contributed by atoms with E-state index >= 15 is 0 Å². The molecule has 4 nitrogen and oxygen atoms in total. The maximum absolute atomic E-state index is 11.7. The lowest BCUT2D eigenvalue weighted by molar-refractivity contribution is -0.0300. The molecule has 0 bridgehead atoms. The van der Waals surface area contributed by atoms with E-state index in [0.717, 1.165) is 24.1 Å². The van der Waals surface area contributed by atoms with Crippen LogP contribution in [0.15, 0.2) is 6.07 Å². The molecule has 1 saturated carbocycles. The van der Waals surface area contributed by atoms with Crippen LogP contribution in [-0.2, 0) is 0 Å². The van der Waals surface area contributed by atoms with Gasteiger partial charge in [0, 0.05) is 17.1 Å². The van der Waals surface area contributed by atoms with Crippen LogP contribution < -0.4 is 11.1 Å². The number of rotatable bonds is 3. The van der Waals surface area contributed by atoms with Crippen molar-refractivity contribution in [3.05, 3.63) is 15.8 Å². The fraction of sp³-hybridized carbons (Fsp3) is 0.545. The summed E-state index contributed by atoms with van der Waals surface area (Å²) in [6, 6.07) is 1.68. The number of carbonyl (C=O) groups excluding carboxylic acids is 1. The number of nitrogens with two attached hydrogens (primary N) is 1. The van der Waals surface area contributed by atoms with E-state index < -0.39 is 5.60 Å². The first-order chi connectivity index (χ1) is 7.50. The van der Waals surface area contributed by atoms with Crippen LogP contribution in [-0.4, -0.2) is 23.2 Å². The Morgan fingerprint density at radius 2 is 2.38 bits per heavy atom. The topological polar surface area (TPSA) is 75.3 Å². The van der Waals surface area contributed by atoms with Crippen LogP contribution in [0.25, 0.3) is 0 Å². The molecule has 4 N–H and O–H groups in total. The minimum absolute atomic E-state index is 0.148. The van der Waals surface area contributed by atoms with Gasteiger partial charge >= 0.3 is 0 Å². The molecule has 0 saturated heterocycles. The van der Waals surface area contributed by atoms with Crippen LogP contribution >= 0.6 is 11.3 Å². The highest BCUT2D eigenvalue weighted by atomic mass is 32.1. The van der Waals surface area contributed by atoms with Gasteiger partial charge in [0.1, 0.15) is 0 Å². The van der Waals surface area contributed by atoms with Crippen molar-refractivity contribution >= 4 is 22.9 Å². The van der Waals surface area contributed by atoms with E-state index in [1.54, 1.807) is 6.07 Å². The Kier molecular flexibility index (Phi) is 2.90. The van der Waals surface area contributed by atoms with E-state index in [9.17, 15) is 9.90 Å². The summed E-state index contributed by atoms with van der Waals surface area (Å²) >= 11 is 1.38. The Labute approximate surface area is 98.5 Å². The van der Waals surface area contributed by atoms with Gasteiger partial charge < -0.3 is 16.2 Å². The molecule has 0 unspecified atom stereocenters. The minimum Gasteiger partial charge on any atom is -0.398 e. The zero-order valence-electron chi connectivity index (χ0n) is 9.25. The summed E-state index contributed by atoms with van der Waals surface area (Å²) in [5, 5.41) is 12.6. The molecule has 1 aliphatic rings. The Bertz CT molecular complexity index is 391. The summed E-state index contributed by atoms with van der Waals surface area (Å²) in [6.45, 7) is 2.22. The summed E-state index contributed by atoms with van der Waals surface area (Å²) in [7, 11) is 0. The molecule has 0 aliphatic heterocycles. The van der Waals surface area contributed by atoms with E-state index in [2.05, 4.69) is 5.32 Å². The summed E-state index contributed by atoms with van der Waals surface area (Å²) in [6.07, 6.45) is 2.59. The highest BCUT2D eigenvalue weighted by Gasteiger charge is 2.34. The van der Waals surface area contributed by atoms with Crippen molar-refractivity contribution in [2.45, 2.75) is 31.8 Å². The zero-order chi connectivity index (χ0) is 11.8.